The Morgan fingerprint density at radius 2 is 1.42 bits per heavy atom. The van der Waals surface area contributed by atoms with Gasteiger partial charge >= 0.3 is 0 Å². The van der Waals surface area contributed by atoms with Gasteiger partial charge in [-0.05, 0) is 67.7 Å². The molecule has 1 aliphatic carbocycles. The fourth-order valence-corrected chi connectivity index (χ4v) is 13.1. The Balaban J connectivity index is 1.52. The van der Waals surface area contributed by atoms with E-state index in [4.69, 9.17) is 27.7 Å². The highest BCUT2D eigenvalue weighted by Gasteiger charge is 2.42. The molecule has 3 fully saturated rings. The van der Waals surface area contributed by atoms with Crippen LogP contribution in [0.5, 0.6) is 5.75 Å². The molecular formula is C53H77N13O10S2. The zero-order valence-corrected chi connectivity index (χ0v) is 46.3. The molecule has 3 aliphatic rings. The van der Waals surface area contributed by atoms with E-state index in [0.717, 1.165) is 43.2 Å². The fraction of sp³-hybridized carbons (Fsp3) is 0.547. The Hall–Kier alpha value is -7.02. The Morgan fingerprint density at radius 1 is 0.795 bits per heavy atom. The predicted octanol–water partition coefficient (Wildman–Crippen LogP) is 0.0418. The van der Waals surface area contributed by atoms with E-state index in [1.807, 2.05) is 30.3 Å². The van der Waals surface area contributed by atoms with Crippen LogP contribution in [0.15, 0.2) is 71.9 Å². The molecule has 15 N–H and O–H groups in total. The minimum Gasteiger partial charge on any atom is -0.497 e. The number of rotatable bonds is 18. The van der Waals surface area contributed by atoms with Gasteiger partial charge in [0.05, 0.1) is 20.1 Å². The van der Waals surface area contributed by atoms with Crippen LogP contribution in [-0.2, 0) is 56.0 Å². The predicted molar refractivity (Wildman–Crippen MR) is 299 cm³/mol. The summed E-state index contributed by atoms with van der Waals surface area (Å²) in [6.07, 6.45) is 5.15. The summed E-state index contributed by atoms with van der Waals surface area (Å²) in [5.41, 5.74) is 24.0. The molecule has 2 aliphatic heterocycles. The smallest absolute Gasteiger partial charge is 0.246 e. The number of nitrogens with zero attached hydrogens (tertiary/aromatic N) is 2. The zero-order valence-electron chi connectivity index (χ0n) is 44.6. The minimum absolute atomic E-state index is 0.0438. The van der Waals surface area contributed by atoms with Crippen molar-refractivity contribution in [3.8, 4) is 5.75 Å². The fourth-order valence-electron chi connectivity index (χ4n) is 9.69. The molecule has 0 bridgehead atoms. The summed E-state index contributed by atoms with van der Waals surface area (Å²) in [6.45, 7) is 7.53. The summed E-state index contributed by atoms with van der Waals surface area (Å²) in [5, 5.41) is 19.7. The third-order valence-electron chi connectivity index (χ3n) is 13.7. The molecule has 23 nitrogen and oxygen atoms in total. The number of hydrogen-bond acceptors (Lipinski definition) is 14. The van der Waals surface area contributed by atoms with Gasteiger partial charge in [-0.2, -0.15) is 0 Å². The SMILES string of the molecule is C=C1CC2(CCCCC2)SSC[C@@H](C(=O)N2CCC[C@H]2C(=O)N[C@@H](CCCN=C(N)N)C(=O)NCC(N)=O)NC(=O)[C@H](CC(N)=O)NC(=O)[C@@H](C(C)C)NC(=O)[C@H](Cc2ccccc2)NC(=O)[C@H](Cc2ccc(OC)cc2)N1. The van der Waals surface area contributed by atoms with Crippen LogP contribution < -0.4 is 64.9 Å². The van der Waals surface area contributed by atoms with Gasteiger partial charge in [0, 0.05) is 48.5 Å². The molecule has 1 spiro atoms. The van der Waals surface area contributed by atoms with Crippen LogP contribution in [0, 0.1) is 5.92 Å². The highest BCUT2D eigenvalue weighted by Crippen LogP contribution is 2.49. The molecule has 2 saturated heterocycles. The van der Waals surface area contributed by atoms with E-state index >= 15 is 0 Å². The van der Waals surface area contributed by atoms with Crippen molar-refractivity contribution < 1.29 is 47.9 Å². The summed E-state index contributed by atoms with van der Waals surface area (Å²) in [5.74, 6) is -6.89. The van der Waals surface area contributed by atoms with Crippen molar-refractivity contribution in [2.45, 2.75) is 144 Å². The number of primary amides is 2. The Morgan fingerprint density at radius 3 is 2.05 bits per heavy atom. The minimum atomic E-state index is -1.62. The molecule has 5 rings (SSSR count). The van der Waals surface area contributed by atoms with Gasteiger partial charge in [-0.1, -0.05) is 104 Å². The van der Waals surface area contributed by atoms with Gasteiger partial charge in [0.25, 0.3) is 0 Å². The van der Waals surface area contributed by atoms with Gasteiger partial charge in [0.15, 0.2) is 5.96 Å². The number of carbonyl (C=O) groups excluding carboxylic acids is 9. The topological polar surface area (TPSA) is 367 Å². The normalized spacial score (nSPS) is 23.0. The Labute approximate surface area is 463 Å². The second kappa shape index (κ2) is 30.2. The van der Waals surface area contributed by atoms with Gasteiger partial charge in [0.1, 0.15) is 48.0 Å². The van der Waals surface area contributed by atoms with Gasteiger partial charge in [0.2, 0.25) is 53.2 Å². The van der Waals surface area contributed by atoms with Crippen LogP contribution in [0.25, 0.3) is 0 Å². The molecule has 2 aromatic rings. The number of amides is 9. The number of allylic oxidation sites excluding steroid dienone is 1. The number of nitrogens with two attached hydrogens (primary N) is 4. The van der Waals surface area contributed by atoms with Gasteiger partial charge in [-0.25, -0.2) is 0 Å². The van der Waals surface area contributed by atoms with E-state index in [1.54, 1.807) is 45.2 Å². The summed E-state index contributed by atoms with van der Waals surface area (Å²) < 4.78 is 4.92. The molecule has 2 aromatic carbocycles. The first kappa shape index (κ1) is 61.8. The van der Waals surface area contributed by atoms with Crippen LogP contribution >= 0.6 is 21.6 Å². The number of ether oxygens (including phenoxy) is 1. The summed E-state index contributed by atoms with van der Waals surface area (Å²) >= 11 is 0. The summed E-state index contributed by atoms with van der Waals surface area (Å²) in [4.78, 5) is 130. The van der Waals surface area contributed by atoms with Crippen LogP contribution in [0.1, 0.15) is 95.6 Å². The third-order valence-corrected chi connectivity index (χ3v) is 17.0. The average molecular weight is 1120 g/mol. The maximum Gasteiger partial charge on any atom is 0.246 e. The van der Waals surface area contributed by atoms with Crippen LogP contribution in [-0.4, -0.2) is 144 Å². The van der Waals surface area contributed by atoms with E-state index < -0.39 is 119 Å². The van der Waals surface area contributed by atoms with E-state index in [1.165, 1.54) is 26.5 Å². The van der Waals surface area contributed by atoms with Gasteiger partial charge in [-0.15, -0.1) is 0 Å². The number of methoxy groups -OCH3 is 1. The lowest BCUT2D eigenvalue weighted by Gasteiger charge is -2.38. The van der Waals surface area contributed by atoms with Crippen molar-refractivity contribution in [3.63, 3.8) is 0 Å². The molecule has 9 amide bonds. The molecule has 0 aromatic heterocycles. The number of aliphatic imine (C=N–C) groups is 1. The first-order valence-electron chi connectivity index (χ1n) is 26.3. The molecule has 0 radical (unpaired) electrons. The summed E-state index contributed by atoms with van der Waals surface area (Å²) in [6, 6.07) is 7.70. The number of carbonyl (C=O) groups is 9. The number of benzene rings is 2. The molecule has 78 heavy (non-hydrogen) atoms. The van der Waals surface area contributed by atoms with Crippen molar-refractivity contribution in [1.82, 2.24) is 42.1 Å². The van der Waals surface area contributed by atoms with E-state index in [9.17, 15) is 43.2 Å². The lowest BCUT2D eigenvalue weighted by Crippen LogP contribution is -2.61. The highest BCUT2D eigenvalue weighted by molar-refractivity contribution is 8.77. The molecule has 1 saturated carbocycles. The van der Waals surface area contributed by atoms with Crippen molar-refractivity contribution in [3.05, 3.63) is 78.0 Å². The van der Waals surface area contributed by atoms with Crippen molar-refractivity contribution in [1.29, 1.82) is 0 Å². The molecule has 426 valence electrons. The number of likely N-dealkylation sites (tertiary alicyclic amines) is 1. The molecule has 2 heterocycles. The second-order valence-electron chi connectivity index (χ2n) is 20.3. The quantitative estimate of drug-likeness (QED) is 0.0407. The van der Waals surface area contributed by atoms with Crippen molar-refractivity contribution in [2.24, 2.45) is 33.8 Å². The first-order valence-corrected chi connectivity index (χ1v) is 28.6. The van der Waals surface area contributed by atoms with E-state index in [2.05, 4.69) is 48.8 Å². The zero-order chi connectivity index (χ0) is 56.9. The Kier molecular flexibility index (Phi) is 24.0. The lowest BCUT2D eigenvalue weighted by atomic mass is 9.85. The lowest BCUT2D eigenvalue weighted by molar-refractivity contribution is -0.142. The van der Waals surface area contributed by atoms with Crippen LogP contribution in [0.2, 0.25) is 0 Å². The van der Waals surface area contributed by atoms with E-state index in [-0.39, 0.29) is 56.9 Å². The molecule has 7 atom stereocenters. The molecular weight excluding hydrogens is 1040 g/mol. The molecule has 0 unspecified atom stereocenters. The van der Waals surface area contributed by atoms with Gasteiger partial charge < -0.3 is 69.8 Å². The van der Waals surface area contributed by atoms with Crippen LogP contribution in [0.3, 0.4) is 0 Å². The maximum absolute atomic E-state index is 15.0. The average Bonchev–Trinajstić information content (AvgIpc) is 3.91. The summed E-state index contributed by atoms with van der Waals surface area (Å²) in [7, 11) is 4.42. The monoisotopic (exact) mass is 1120 g/mol. The second-order valence-corrected chi connectivity index (χ2v) is 23.1. The standard InChI is InChI=1S/C53H77N13O10S2/c1-31(2)44-50(74)63-39(27-42(54)67)47(71)64-40(51(75)66-24-12-16-41(66)49(73)61-36(15-11-23-58-52(56)57)45(69)59-29-43(55)68)30-77-78-53(21-9-6-10-22-53)28-32(3)60-37(26-34-17-19-35(76-4)20-18-34)46(70)62-38(48(72)65-44)25-33-13-7-5-8-14-33/h5,7-8,13-14,17-20,31,36-41,44,60H,3,6,9-12,15-16,21-30H2,1-2,4H3,(H2,54,67)(H2,55,68)(H,59,69)(H,61,73)(H,62,70)(H,63,74)(H,64,71)(H,65,72)(H4,56,57,58)/t36-,37-,38-,39-,40-,41-,44+/m0/s1. The largest absolute Gasteiger partial charge is 0.497 e. The first-order chi connectivity index (χ1) is 37.2. The maximum atomic E-state index is 15.0. The van der Waals surface area contributed by atoms with Crippen molar-refractivity contribution in [2.75, 3.05) is 32.5 Å². The van der Waals surface area contributed by atoms with Gasteiger partial charge in [-0.3, -0.25) is 48.1 Å². The highest BCUT2D eigenvalue weighted by atomic mass is 33.1. The van der Waals surface area contributed by atoms with E-state index in [0.29, 0.717) is 24.3 Å². The molecule has 25 heteroatoms. The number of nitrogens with one attached hydrogen (secondary N) is 7. The number of guanidine groups is 1. The Bertz CT molecular complexity index is 2470. The van der Waals surface area contributed by atoms with Crippen LogP contribution in [0.4, 0.5) is 0 Å². The van der Waals surface area contributed by atoms with Crippen molar-refractivity contribution >= 4 is 80.7 Å². The third kappa shape index (κ3) is 19.2. The number of hydrogen-bond donors (Lipinski definition) is 11.